The van der Waals surface area contributed by atoms with E-state index >= 15 is 8.78 Å². The van der Waals surface area contributed by atoms with E-state index in [1.807, 2.05) is 39.6 Å². The van der Waals surface area contributed by atoms with Gasteiger partial charge in [-0.25, -0.2) is 13.6 Å². The lowest BCUT2D eigenvalue weighted by atomic mass is 9.97. The molecule has 0 spiro atoms. The van der Waals surface area contributed by atoms with Gasteiger partial charge in [0, 0.05) is 42.7 Å². The van der Waals surface area contributed by atoms with Crippen LogP contribution in [0.1, 0.15) is 40.5 Å². The van der Waals surface area contributed by atoms with E-state index in [0.29, 0.717) is 17.6 Å². The van der Waals surface area contributed by atoms with Crippen molar-refractivity contribution in [3.05, 3.63) is 51.3 Å². The lowest BCUT2D eigenvalue weighted by Crippen LogP contribution is -2.63. The van der Waals surface area contributed by atoms with Crippen molar-refractivity contribution < 1.29 is 27.8 Å². The summed E-state index contributed by atoms with van der Waals surface area (Å²) in [7, 11) is 3.36. The van der Waals surface area contributed by atoms with Crippen LogP contribution in [0.4, 0.5) is 19.3 Å². The summed E-state index contributed by atoms with van der Waals surface area (Å²) < 4.78 is 51.1. The fourth-order valence-corrected chi connectivity index (χ4v) is 7.15. The minimum absolute atomic E-state index is 0.000731. The molecule has 45 heavy (non-hydrogen) atoms. The highest BCUT2D eigenvalue weighted by molar-refractivity contribution is 6.34. The minimum Gasteiger partial charge on any atom is -0.496 e. The molecule has 2 aromatic carbocycles. The number of likely N-dealkylation sites (tertiary alicyclic amines) is 1. The van der Waals surface area contributed by atoms with Crippen molar-refractivity contribution in [3.8, 4) is 22.6 Å². The van der Waals surface area contributed by atoms with Gasteiger partial charge in [-0.3, -0.25) is 4.79 Å². The van der Waals surface area contributed by atoms with Crippen LogP contribution in [-0.2, 0) is 11.3 Å². The molecule has 0 unspecified atom stereocenters. The first-order chi connectivity index (χ1) is 21.3. The van der Waals surface area contributed by atoms with E-state index in [4.69, 9.17) is 25.8 Å². The second kappa shape index (κ2) is 11.7. The molecule has 242 valence electrons. The normalized spacial score (nSPS) is 21.8. The Morgan fingerprint density at radius 2 is 1.93 bits per heavy atom. The fraction of sp³-hybridized carbons (Fsp3) is 0.515. The maximum absolute atomic E-state index is 17.1. The Kier molecular flexibility index (Phi) is 8.14. The van der Waals surface area contributed by atoms with Gasteiger partial charge in [-0.05, 0) is 72.3 Å². The molecule has 2 saturated heterocycles. The molecule has 3 aromatic rings. The average Bonchev–Trinajstić information content (AvgIpc) is 3.38. The van der Waals surface area contributed by atoms with Gasteiger partial charge in [-0.2, -0.15) is 0 Å². The molecule has 0 bridgehead atoms. The van der Waals surface area contributed by atoms with Crippen LogP contribution in [0.25, 0.3) is 22.0 Å². The van der Waals surface area contributed by atoms with Crippen molar-refractivity contribution in [2.75, 3.05) is 45.3 Å². The highest BCUT2D eigenvalue weighted by Gasteiger charge is 2.42. The van der Waals surface area contributed by atoms with Crippen molar-refractivity contribution in [2.45, 2.75) is 70.8 Å². The molecule has 2 fully saturated rings. The number of aromatic nitrogens is 1. The van der Waals surface area contributed by atoms with Gasteiger partial charge in [-0.1, -0.05) is 17.7 Å². The number of piperazine rings is 1. The van der Waals surface area contributed by atoms with Gasteiger partial charge in [0.2, 0.25) is 5.75 Å². The van der Waals surface area contributed by atoms with Crippen LogP contribution < -0.4 is 19.9 Å². The summed E-state index contributed by atoms with van der Waals surface area (Å²) in [6.07, 6.45) is 1.37. The number of methoxy groups -OCH3 is 1. The number of carbonyl (C=O) groups is 1. The number of benzene rings is 2. The molecule has 3 atom stereocenters. The summed E-state index contributed by atoms with van der Waals surface area (Å²) in [5.41, 5.74) is -0.978. The van der Waals surface area contributed by atoms with Gasteiger partial charge in [0.1, 0.15) is 23.8 Å². The van der Waals surface area contributed by atoms with Crippen LogP contribution in [0, 0.1) is 11.6 Å². The zero-order valence-corrected chi connectivity index (χ0v) is 27.2. The molecule has 0 radical (unpaired) electrons. The Hall–Kier alpha value is -3.57. The van der Waals surface area contributed by atoms with E-state index in [1.165, 1.54) is 29.9 Å². The van der Waals surface area contributed by atoms with Gasteiger partial charge >= 0.3 is 6.09 Å². The summed E-state index contributed by atoms with van der Waals surface area (Å²) >= 11 is 6.82. The zero-order valence-electron chi connectivity index (χ0n) is 26.5. The quantitative estimate of drug-likeness (QED) is 0.350. The number of halogens is 3. The van der Waals surface area contributed by atoms with E-state index in [1.54, 1.807) is 11.0 Å². The summed E-state index contributed by atoms with van der Waals surface area (Å²) in [6.45, 7) is 9.24. The molecule has 1 aromatic heterocycles. The summed E-state index contributed by atoms with van der Waals surface area (Å²) in [4.78, 5) is 33.2. The molecule has 12 heteroatoms. The Bertz CT molecular complexity index is 1720. The highest BCUT2D eigenvalue weighted by atomic mass is 35.5. The Balaban J connectivity index is 1.55. The Morgan fingerprint density at radius 1 is 1.18 bits per heavy atom. The average molecular weight is 645 g/mol. The highest BCUT2D eigenvalue weighted by Crippen LogP contribution is 2.46. The lowest BCUT2D eigenvalue weighted by molar-refractivity contribution is 0.00991. The number of ether oxygens (including phenoxy) is 3. The van der Waals surface area contributed by atoms with Crippen LogP contribution in [0.3, 0.4) is 0 Å². The summed E-state index contributed by atoms with van der Waals surface area (Å²) in [5.74, 6) is -1.28. The van der Waals surface area contributed by atoms with E-state index in [9.17, 15) is 9.59 Å². The van der Waals surface area contributed by atoms with Crippen molar-refractivity contribution in [3.63, 3.8) is 0 Å². The summed E-state index contributed by atoms with van der Waals surface area (Å²) in [6, 6.07) is 5.21. The van der Waals surface area contributed by atoms with Crippen LogP contribution in [-0.4, -0.2) is 84.6 Å². The fourth-order valence-electron chi connectivity index (χ4n) is 6.87. The maximum atomic E-state index is 17.1. The molecular formula is C33H39ClF2N4O5. The van der Waals surface area contributed by atoms with Gasteiger partial charge in [-0.15, -0.1) is 0 Å². The number of carbonyl (C=O) groups excluding carboxylic acids is 1. The predicted molar refractivity (Wildman–Crippen MR) is 170 cm³/mol. The number of hydrogen-bond acceptors (Lipinski definition) is 7. The summed E-state index contributed by atoms with van der Waals surface area (Å²) in [5, 5.41) is 0.353. The van der Waals surface area contributed by atoms with E-state index in [-0.39, 0.29) is 71.0 Å². The molecule has 0 aliphatic carbocycles. The third kappa shape index (κ3) is 5.48. The topological polar surface area (TPSA) is 76.5 Å². The van der Waals surface area contributed by atoms with E-state index in [2.05, 4.69) is 4.90 Å². The number of rotatable bonds is 4. The molecule has 0 N–H and O–H groups in total. The van der Waals surface area contributed by atoms with Crippen molar-refractivity contribution in [2.24, 2.45) is 0 Å². The molecule has 9 nitrogen and oxygen atoms in total. The second-order valence-corrected chi connectivity index (χ2v) is 13.6. The van der Waals surface area contributed by atoms with Crippen molar-refractivity contribution >= 4 is 34.3 Å². The number of likely N-dealkylation sites (N-methyl/N-ethyl adjacent to an activating group) is 1. The van der Waals surface area contributed by atoms with Crippen LogP contribution in [0.5, 0.6) is 11.5 Å². The molecule has 0 saturated carbocycles. The molecule has 4 heterocycles. The SMILES string of the molecule is COc1cccc(F)c1-c1c(Cl)cc2c3c(c(=O)n(C[C@@H]4CCCN4C)c2c1F)OC[C@H]1CN(C(=O)OC(C)(C)C)[C@H](C)CN31. The first-order valence-corrected chi connectivity index (χ1v) is 15.7. The monoisotopic (exact) mass is 644 g/mol. The van der Waals surface area contributed by atoms with Crippen LogP contribution >= 0.6 is 11.6 Å². The third-order valence-corrected chi connectivity index (χ3v) is 9.36. The standard InChI is InChI=1S/C33H39ClF2N4O5/c1-18-14-39-20(16-38(18)32(42)45-33(2,3)4)17-44-30-29(39)21-13-22(34)25(26-23(35)10-7-11-24(26)43-6)27(36)28(21)40(31(30)41)15-19-9-8-12-37(19)5/h7,10-11,13,18-20H,8-9,12,14-17H2,1-6H3/t18-,19+,20-/m1/s1. The van der Waals surface area contributed by atoms with Crippen LogP contribution in [0.15, 0.2) is 29.1 Å². The van der Waals surface area contributed by atoms with Crippen molar-refractivity contribution in [1.82, 2.24) is 14.4 Å². The molecule has 1 amide bonds. The van der Waals surface area contributed by atoms with Gasteiger partial charge in [0.25, 0.3) is 5.56 Å². The molecule has 6 rings (SSSR count). The third-order valence-electron chi connectivity index (χ3n) is 9.06. The largest absolute Gasteiger partial charge is 0.496 e. The second-order valence-electron chi connectivity index (χ2n) is 13.2. The van der Waals surface area contributed by atoms with Gasteiger partial charge in [0.05, 0.1) is 34.9 Å². The number of pyridine rings is 1. The zero-order chi connectivity index (χ0) is 32.4. The van der Waals surface area contributed by atoms with Crippen molar-refractivity contribution in [1.29, 1.82) is 0 Å². The number of hydrogen-bond donors (Lipinski definition) is 0. The van der Waals surface area contributed by atoms with Gasteiger partial charge < -0.3 is 33.5 Å². The number of nitrogens with zero attached hydrogens (tertiary/aromatic N) is 4. The predicted octanol–water partition coefficient (Wildman–Crippen LogP) is 5.91. The smallest absolute Gasteiger partial charge is 0.410 e. The first-order valence-electron chi connectivity index (χ1n) is 15.3. The van der Waals surface area contributed by atoms with E-state index in [0.717, 1.165) is 19.4 Å². The number of anilines is 1. The van der Waals surface area contributed by atoms with Gasteiger partial charge in [0.15, 0.2) is 5.82 Å². The Morgan fingerprint density at radius 3 is 2.60 bits per heavy atom. The van der Waals surface area contributed by atoms with Crippen LogP contribution in [0.2, 0.25) is 5.02 Å². The minimum atomic E-state index is -0.816. The van der Waals surface area contributed by atoms with E-state index < -0.39 is 28.9 Å². The molecule has 3 aliphatic rings. The number of fused-ring (bicyclic) bond motifs is 5. The maximum Gasteiger partial charge on any atom is 0.410 e. The lowest BCUT2D eigenvalue weighted by Gasteiger charge is -2.48. The first kappa shape index (κ1) is 31.4. The molecular weight excluding hydrogens is 606 g/mol. The Labute approximate surface area is 266 Å². The molecule has 3 aliphatic heterocycles. The number of amides is 1.